The van der Waals surface area contributed by atoms with Crippen LogP contribution in [0.2, 0.25) is 0 Å². The molecule has 1 aliphatic carbocycles. The Kier molecular flexibility index (Phi) is 1.99. The van der Waals surface area contributed by atoms with E-state index in [4.69, 9.17) is 9.78 Å². The van der Waals surface area contributed by atoms with Gasteiger partial charge in [-0.1, -0.05) is 24.3 Å². The highest BCUT2D eigenvalue weighted by atomic mass is 17.2. The van der Waals surface area contributed by atoms with Crippen molar-refractivity contribution in [3.05, 3.63) is 35.4 Å². The largest absolute Gasteiger partial charge is 0.229 e. The molecule has 2 nitrogen and oxygen atoms in total. The molecule has 0 spiro atoms. The second kappa shape index (κ2) is 3.08. The maximum atomic E-state index is 5.72. The predicted molar refractivity (Wildman–Crippen MR) is 62.0 cm³/mol. The van der Waals surface area contributed by atoms with Gasteiger partial charge in [-0.2, -0.15) is 0 Å². The van der Waals surface area contributed by atoms with Crippen LogP contribution in [0.15, 0.2) is 24.3 Å². The van der Waals surface area contributed by atoms with Crippen LogP contribution in [0, 0.1) is 0 Å². The highest BCUT2D eigenvalue weighted by molar-refractivity contribution is 5.39. The molecule has 0 radical (unpaired) electrons. The minimum atomic E-state index is -0.263. The Bertz CT molecular complexity index is 424. The van der Waals surface area contributed by atoms with Crippen LogP contribution in [-0.4, -0.2) is 5.60 Å². The molecule has 1 aromatic rings. The number of fused-ring (bicyclic) bond motifs is 3. The molecule has 86 valence electrons. The lowest BCUT2D eigenvalue weighted by Gasteiger charge is -2.34. The van der Waals surface area contributed by atoms with Gasteiger partial charge in [-0.05, 0) is 44.7 Å². The van der Waals surface area contributed by atoms with Crippen molar-refractivity contribution in [1.29, 1.82) is 0 Å². The average molecular weight is 218 g/mol. The molecule has 0 N–H and O–H groups in total. The molecule has 16 heavy (non-hydrogen) atoms. The molecule has 0 amide bonds. The molecule has 2 aliphatic heterocycles. The molecule has 1 aromatic carbocycles. The van der Waals surface area contributed by atoms with E-state index in [1.165, 1.54) is 11.1 Å². The lowest BCUT2D eigenvalue weighted by Crippen LogP contribution is -2.31. The van der Waals surface area contributed by atoms with Crippen molar-refractivity contribution in [2.24, 2.45) is 0 Å². The van der Waals surface area contributed by atoms with Crippen LogP contribution in [0.4, 0.5) is 0 Å². The molecule has 4 rings (SSSR count). The van der Waals surface area contributed by atoms with Gasteiger partial charge in [0.05, 0.1) is 0 Å². The van der Waals surface area contributed by atoms with Gasteiger partial charge in [-0.25, -0.2) is 9.78 Å². The zero-order valence-corrected chi connectivity index (χ0v) is 10.1. The van der Waals surface area contributed by atoms with Crippen LogP contribution in [0.1, 0.15) is 50.7 Å². The van der Waals surface area contributed by atoms with Crippen LogP contribution in [-0.2, 0) is 15.4 Å². The molecule has 3 aliphatic rings. The fraction of sp³-hybridized carbons (Fsp3) is 0.571. The third-order valence-corrected chi connectivity index (χ3v) is 4.10. The molecule has 0 saturated carbocycles. The van der Waals surface area contributed by atoms with Gasteiger partial charge in [-0.15, -0.1) is 0 Å². The zero-order chi connectivity index (χ0) is 11.4. The Labute approximate surface area is 96.5 Å². The average Bonchev–Trinajstić information content (AvgIpc) is 2.43. The highest BCUT2D eigenvalue weighted by Crippen LogP contribution is 2.52. The number of hydrogen-bond donors (Lipinski definition) is 0. The fourth-order valence-electron chi connectivity index (χ4n) is 3.06. The summed E-state index contributed by atoms with van der Waals surface area (Å²) in [7, 11) is 0. The van der Waals surface area contributed by atoms with Gasteiger partial charge in [0.25, 0.3) is 0 Å². The zero-order valence-electron chi connectivity index (χ0n) is 10.1. The molecule has 1 saturated heterocycles. The summed E-state index contributed by atoms with van der Waals surface area (Å²) in [5.41, 5.74) is 2.21. The fourth-order valence-corrected chi connectivity index (χ4v) is 3.06. The smallest absolute Gasteiger partial charge is 0.126 e. The third kappa shape index (κ3) is 1.26. The maximum Gasteiger partial charge on any atom is 0.126 e. The van der Waals surface area contributed by atoms with E-state index in [1.807, 2.05) is 0 Å². The Morgan fingerprint density at radius 3 is 2.69 bits per heavy atom. The lowest BCUT2D eigenvalue weighted by atomic mass is 9.70. The molecule has 2 heterocycles. The quantitative estimate of drug-likeness (QED) is 0.620. The van der Waals surface area contributed by atoms with Crippen molar-refractivity contribution >= 4 is 0 Å². The summed E-state index contributed by atoms with van der Waals surface area (Å²) in [4.78, 5) is 11.4. The molecule has 0 aromatic heterocycles. The van der Waals surface area contributed by atoms with Gasteiger partial charge >= 0.3 is 0 Å². The van der Waals surface area contributed by atoms with E-state index in [-0.39, 0.29) is 11.2 Å². The van der Waals surface area contributed by atoms with Crippen LogP contribution in [0.3, 0.4) is 0 Å². The van der Waals surface area contributed by atoms with Crippen molar-refractivity contribution in [3.8, 4) is 0 Å². The maximum absolute atomic E-state index is 5.72. The third-order valence-electron chi connectivity index (χ3n) is 4.10. The first-order chi connectivity index (χ1) is 7.53. The van der Waals surface area contributed by atoms with E-state index < -0.39 is 0 Å². The van der Waals surface area contributed by atoms with E-state index in [2.05, 4.69) is 45.0 Å². The molecule has 2 bridgehead atoms. The van der Waals surface area contributed by atoms with Gasteiger partial charge in [0.1, 0.15) is 11.2 Å². The summed E-state index contributed by atoms with van der Waals surface area (Å²) < 4.78 is 0. The first-order valence-electron chi connectivity index (χ1n) is 5.99. The summed E-state index contributed by atoms with van der Waals surface area (Å²) in [6.07, 6.45) is 2.18. The van der Waals surface area contributed by atoms with E-state index in [0.717, 1.165) is 12.8 Å². The van der Waals surface area contributed by atoms with Crippen LogP contribution in [0.25, 0.3) is 0 Å². The Balaban J connectivity index is 2.23. The monoisotopic (exact) mass is 218 g/mol. The summed E-state index contributed by atoms with van der Waals surface area (Å²) in [5, 5.41) is 0. The number of rotatable bonds is 0. The van der Waals surface area contributed by atoms with E-state index >= 15 is 0 Å². The summed E-state index contributed by atoms with van der Waals surface area (Å²) >= 11 is 0. The molecule has 2 atom stereocenters. The van der Waals surface area contributed by atoms with Crippen molar-refractivity contribution in [3.63, 3.8) is 0 Å². The Morgan fingerprint density at radius 2 is 1.88 bits per heavy atom. The SMILES string of the molecule is CC12CCC(c3ccccc31)C(C)(C)OO2. The summed E-state index contributed by atoms with van der Waals surface area (Å²) in [5.74, 6) is 0.444. The van der Waals surface area contributed by atoms with E-state index in [0.29, 0.717) is 5.92 Å². The van der Waals surface area contributed by atoms with Crippen molar-refractivity contribution < 1.29 is 9.78 Å². The number of hydrogen-bond acceptors (Lipinski definition) is 2. The first kappa shape index (κ1) is 10.3. The van der Waals surface area contributed by atoms with E-state index in [9.17, 15) is 0 Å². The lowest BCUT2D eigenvalue weighted by molar-refractivity contribution is -0.400. The first-order valence-corrected chi connectivity index (χ1v) is 5.99. The number of benzene rings is 1. The molecule has 1 fully saturated rings. The van der Waals surface area contributed by atoms with Gasteiger partial charge in [0.15, 0.2) is 0 Å². The standard InChI is InChI=1S/C14H18O2/c1-13(2)11-8-9-14(3,16-15-13)12-7-5-4-6-10(11)12/h4-7,11H,8-9H2,1-3H3. The molecule has 2 unspecified atom stereocenters. The highest BCUT2D eigenvalue weighted by Gasteiger charge is 2.48. The van der Waals surface area contributed by atoms with E-state index in [1.54, 1.807) is 0 Å². The van der Waals surface area contributed by atoms with Gasteiger partial charge in [0, 0.05) is 5.92 Å². The van der Waals surface area contributed by atoms with Crippen LogP contribution < -0.4 is 0 Å². The molecular formula is C14H18O2. The Morgan fingerprint density at radius 1 is 1.12 bits per heavy atom. The Hall–Kier alpha value is -0.860. The normalized spacial score (nSPS) is 35.6. The minimum absolute atomic E-state index is 0.232. The van der Waals surface area contributed by atoms with Crippen LogP contribution >= 0.6 is 0 Å². The van der Waals surface area contributed by atoms with Crippen molar-refractivity contribution in [1.82, 2.24) is 0 Å². The topological polar surface area (TPSA) is 18.5 Å². The summed E-state index contributed by atoms with van der Waals surface area (Å²) in [6, 6.07) is 8.59. The molecular weight excluding hydrogens is 200 g/mol. The summed E-state index contributed by atoms with van der Waals surface area (Å²) in [6.45, 7) is 6.36. The van der Waals surface area contributed by atoms with Crippen molar-refractivity contribution in [2.45, 2.75) is 50.7 Å². The minimum Gasteiger partial charge on any atom is -0.229 e. The van der Waals surface area contributed by atoms with Crippen molar-refractivity contribution in [2.75, 3.05) is 0 Å². The second-order valence-electron chi connectivity index (χ2n) is 5.68. The van der Waals surface area contributed by atoms with Crippen LogP contribution in [0.5, 0.6) is 0 Å². The second-order valence-corrected chi connectivity index (χ2v) is 5.68. The molecule has 2 heteroatoms. The van der Waals surface area contributed by atoms with Gasteiger partial charge in [0.2, 0.25) is 0 Å². The van der Waals surface area contributed by atoms with Gasteiger partial charge in [-0.3, -0.25) is 0 Å². The van der Waals surface area contributed by atoms with Gasteiger partial charge < -0.3 is 0 Å². The predicted octanol–water partition coefficient (Wildman–Crippen LogP) is 3.52.